The van der Waals surface area contributed by atoms with Gasteiger partial charge in [0.05, 0.1) is 0 Å². The zero-order valence-electron chi connectivity index (χ0n) is 16.9. The van der Waals surface area contributed by atoms with Crippen LogP contribution in [0.3, 0.4) is 0 Å². The Morgan fingerprint density at radius 2 is 1.96 bits per heavy atom. The molecule has 1 aliphatic heterocycles. The van der Waals surface area contributed by atoms with E-state index in [2.05, 4.69) is 44.2 Å². The number of carbonyl (C=O) groups is 1. The van der Waals surface area contributed by atoms with Gasteiger partial charge in [-0.15, -0.1) is 0 Å². The zero-order valence-corrected chi connectivity index (χ0v) is 16.9. The molecule has 150 valence electrons. The molecule has 0 aliphatic carbocycles. The van der Waals surface area contributed by atoms with E-state index in [9.17, 15) is 4.79 Å². The molecule has 1 aliphatic rings. The van der Waals surface area contributed by atoms with Crippen LogP contribution in [0.15, 0.2) is 30.5 Å². The fraction of sp³-hybridized carbons (Fsp3) is 0.500. The lowest BCUT2D eigenvalue weighted by atomic mass is 10.2. The predicted octanol–water partition coefficient (Wildman–Crippen LogP) is 1.51. The van der Waals surface area contributed by atoms with E-state index in [1.54, 1.807) is 12.3 Å². The number of amides is 1. The van der Waals surface area contributed by atoms with Gasteiger partial charge in [0.2, 0.25) is 0 Å². The summed E-state index contributed by atoms with van der Waals surface area (Å²) in [4.78, 5) is 32.3. The zero-order chi connectivity index (χ0) is 19.9. The average molecular weight is 384 g/mol. The van der Waals surface area contributed by atoms with E-state index in [4.69, 9.17) is 0 Å². The molecule has 2 aromatic rings. The molecule has 3 rings (SSSR count). The van der Waals surface area contributed by atoms with Crippen LogP contribution in [0.4, 0.5) is 11.6 Å². The van der Waals surface area contributed by atoms with Gasteiger partial charge in [0.15, 0.2) is 0 Å². The Morgan fingerprint density at radius 3 is 2.64 bits per heavy atom. The summed E-state index contributed by atoms with van der Waals surface area (Å²) in [6.45, 7) is 6.48. The molecule has 2 aromatic heterocycles. The number of rotatable bonds is 7. The third-order valence-electron chi connectivity index (χ3n) is 4.69. The van der Waals surface area contributed by atoms with Crippen molar-refractivity contribution in [3.63, 3.8) is 0 Å². The van der Waals surface area contributed by atoms with Crippen molar-refractivity contribution in [2.75, 3.05) is 63.6 Å². The largest absolute Gasteiger partial charge is 0.370 e. The number of carbonyl (C=O) groups excluding carboxylic acids is 1. The summed E-state index contributed by atoms with van der Waals surface area (Å²) in [7, 11) is 4.11. The Morgan fingerprint density at radius 1 is 1.18 bits per heavy atom. The first-order chi connectivity index (χ1) is 13.5. The minimum absolute atomic E-state index is 0.0393. The second kappa shape index (κ2) is 9.45. The van der Waals surface area contributed by atoms with Gasteiger partial charge >= 0.3 is 0 Å². The van der Waals surface area contributed by atoms with Crippen LogP contribution in [-0.4, -0.2) is 84.0 Å². The van der Waals surface area contributed by atoms with E-state index in [-0.39, 0.29) is 5.91 Å². The Bertz CT molecular complexity index is 773. The number of piperazine rings is 1. The number of anilines is 2. The molecule has 0 atom stereocenters. The van der Waals surface area contributed by atoms with E-state index in [1.165, 1.54) is 0 Å². The number of pyridine rings is 1. The van der Waals surface area contributed by atoms with Crippen LogP contribution in [0.25, 0.3) is 0 Å². The van der Waals surface area contributed by atoms with Crippen LogP contribution < -0.4 is 10.2 Å². The van der Waals surface area contributed by atoms with Crippen molar-refractivity contribution in [2.24, 2.45) is 0 Å². The summed E-state index contributed by atoms with van der Waals surface area (Å²) in [5, 5.41) is 3.30. The number of nitrogens with zero attached hydrogens (tertiary/aromatic N) is 6. The summed E-state index contributed by atoms with van der Waals surface area (Å²) in [5.74, 6) is 2.23. The van der Waals surface area contributed by atoms with Gasteiger partial charge in [-0.1, -0.05) is 6.07 Å². The molecule has 28 heavy (non-hydrogen) atoms. The fourth-order valence-corrected chi connectivity index (χ4v) is 3.22. The van der Waals surface area contributed by atoms with Gasteiger partial charge < -0.3 is 20.0 Å². The van der Waals surface area contributed by atoms with Gasteiger partial charge in [-0.05, 0) is 46.1 Å². The smallest absolute Gasteiger partial charge is 0.272 e. The van der Waals surface area contributed by atoms with Gasteiger partial charge in [-0.3, -0.25) is 4.79 Å². The molecule has 0 unspecified atom stereocenters. The maximum atomic E-state index is 12.9. The van der Waals surface area contributed by atoms with Crippen molar-refractivity contribution in [3.8, 4) is 0 Å². The quantitative estimate of drug-likeness (QED) is 0.726. The van der Waals surface area contributed by atoms with Gasteiger partial charge in [-0.2, -0.15) is 0 Å². The minimum atomic E-state index is -0.0393. The topological polar surface area (TPSA) is 77.5 Å². The maximum absolute atomic E-state index is 12.9. The highest BCUT2D eigenvalue weighted by molar-refractivity contribution is 5.93. The van der Waals surface area contributed by atoms with Gasteiger partial charge in [0.25, 0.3) is 5.91 Å². The molecule has 1 N–H and O–H groups in total. The monoisotopic (exact) mass is 383 g/mol. The molecule has 0 radical (unpaired) electrons. The third-order valence-corrected chi connectivity index (χ3v) is 4.69. The van der Waals surface area contributed by atoms with Crippen molar-refractivity contribution < 1.29 is 4.79 Å². The summed E-state index contributed by atoms with van der Waals surface area (Å²) in [6.07, 6.45) is 2.80. The third kappa shape index (κ3) is 5.39. The summed E-state index contributed by atoms with van der Waals surface area (Å²) >= 11 is 0. The van der Waals surface area contributed by atoms with Crippen molar-refractivity contribution in [1.82, 2.24) is 24.8 Å². The Balaban J connectivity index is 1.58. The maximum Gasteiger partial charge on any atom is 0.272 e. The molecule has 1 amide bonds. The minimum Gasteiger partial charge on any atom is -0.370 e. The molecular formula is C20H29N7O. The van der Waals surface area contributed by atoms with Crippen molar-refractivity contribution in [3.05, 3.63) is 42.0 Å². The highest BCUT2D eigenvalue weighted by Crippen LogP contribution is 2.15. The lowest BCUT2D eigenvalue weighted by Crippen LogP contribution is -2.49. The molecule has 1 fully saturated rings. The number of nitrogens with one attached hydrogen (secondary N) is 1. The van der Waals surface area contributed by atoms with Gasteiger partial charge in [-0.25, -0.2) is 15.0 Å². The molecule has 0 saturated carbocycles. The highest BCUT2D eigenvalue weighted by Gasteiger charge is 2.24. The molecule has 1 saturated heterocycles. The molecule has 8 heteroatoms. The lowest BCUT2D eigenvalue weighted by molar-refractivity contribution is 0.0740. The normalized spacial score (nSPS) is 14.4. The first-order valence-electron chi connectivity index (χ1n) is 9.72. The van der Waals surface area contributed by atoms with Crippen molar-refractivity contribution in [2.45, 2.75) is 13.3 Å². The van der Waals surface area contributed by atoms with E-state index < -0.39 is 0 Å². The molecule has 0 spiro atoms. The summed E-state index contributed by atoms with van der Waals surface area (Å²) < 4.78 is 0. The molecule has 0 bridgehead atoms. The number of aromatic nitrogens is 3. The van der Waals surface area contributed by atoms with Crippen molar-refractivity contribution >= 4 is 17.5 Å². The molecule has 3 heterocycles. The number of hydrogen-bond acceptors (Lipinski definition) is 7. The summed E-state index contributed by atoms with van der Waals surface area (Å²) in [6, 6.07) is 7.65. The Labute approximate surface area is 166 Å². The van der Waals surface area contributed by atoms with E-state index in [0.29, 0.717) is 30.4 Å². The Kier molecular flexibility index (Phi) is 6.76. The average Bonchev–Trinajstić information content (AvgIpc) is 2.71. The molecule has 0 aromatic carbocycles. The lowest BCUT2D eigenvalue weighted by Gasteiger charge is -2.35. The second-order valence-electron chi connectivity index (χ2n) is 7.24. The van der Waals surface area contributed by atoms with E-state index >= 15 is 0 Å². The fourth-order valence-electron chi connectivity index (χ4n) is 3.22. The predicted molar refractivity (Wildman–Crippen MR) is 111 cm³/mol. The standard InChI is InChI=1S/C20H29N7O/c1-16-23-17(15-18(24-16)21-9-6-10-25(2)3)20(28)27-13-11-26(12-14-27)19-7-4-5-8-22-19/h4-5,7-8,15H,6,9-14H2,1-3H3,(H,21,23,24). The van der Waals surface area contributed by atoms with Crippen LogP contribution in [-0.2, 0) is 0 Å². The van der Waals surface area contributed by atoms with Crippen LogP contribution in [0.2, 0.25) is 0 Å². The van der Waals surface area contributed by atoms with E-state index in [0.717, 1.165) is 38.4 Å². The van der Waals surface area contributed by atoms with Crippen LogP contribution in [0, 0.1) is 6.92 Å². The van der Waals surface area contributed by atoms with Gasteiger partial charge in [0.1, 0.15) is 23.2 Å². The van der Waals surface area contributed by atoms with Crippen molar-refractivity contribution in [1.29, 1.82) is 0 Å². The van der Waals surface area contributed by atoms with Crippen LogP contribution in [0.1, 0.15) is 22.7 Å². The Hall–Kier alpha value is -2.74. The first-order valence-corrected chi connectivity index (χ1v) is 9.72. The highest BCUT2D eigenvalue weighted by atomic mass is 16.2. The second-order valence-corrected chi connectivity index (χ2v) is 7.24. The number of hydrogen-bond donors (Lipinski definition) is 1. The first kappa shape index (κ1) is 20.0. The molecule has 8 nitrogen and oxygen atoms in total. The molecular weight excluding hydrogens is 354 g/mol. The van der Waals surface area contributed by atoms with E-state index in [1.807, 2.05) is 30.0 Å². The SMILES string of the molecule is Cc1nc(NCCCN(C)C)cc(C(=O)N2CCN(c3ccccn3)CC2)n1. The van der Waals surface area contributed by atoms with Crippen LogP contribution in [0.5, 0.6) is 0 Å². The van der Waals surface area contributed by atoms with Gasteiger partial charge in [0, 0.05) is 45.0 Å². The number of aryl methyl sites for hydroxylation is 1. The summed E-state index contributed by atoms with van der Waals surface area (Å²) in [5.41, 5.74) is 0.453. The van der Waals surface area contributed by atoms with Crippen LogP contribution >= 0.6 is 0 Å².